The summed E-state index contributed by atoms with van der Waals surface area (Å²) in [6.07, 6.45) is 3.60. The zero-order valence-corrected chi connectivity index (χ0v) is 10.6. The van der Waals surface area contributed by atoms with Crippen LogP contribution in [0.4, 0.5) is 0 Å². The minimum Gasteiger partial charge on any atom is -0.382 e. The molecule has 1 heterocycles. The Morgan fingerprint density at radius 1 is 0.842 bits per heavy atom. The smallest absolute Gasteiger partial charge is 0.178 e. The zero-order valence-electron chi connectivity index (χ0n) is 10.6. The van der Waals surface area contributed by atoms with Gasteiger partial charge in [-0.25, -0.2) is 4.57 Å². The topological polar surface area (TPSA) is 24.1 Å². The summed E-state index contributed by atoms with van der Waals surface area (Å²) in [6.45, 7) is 0.564. The third-order valence-electron chi connectivity index (χ3n) is 3.31. The molecule has 0 aliphatic heterocycles. The third kappa shape index (κ3) is 2.64. The monoisotopic (exact) mass is 250 g/mol. The molecule has 19 heavy (non-hydrogen) atoms. The van der Waals surface area contributed by atoms with Crippen molar-refractivity contribution in [2.45, 2.75) is 12.6 Å². The van der Waals surface area contributed by atoms with Crippen LogP contribution in [-0.2, 0) is 6.54 Å². The molecule has 1 aromatic heterocycles. The lowest BCUT2D eigenvalue weighted by Gasteiger charge is -2.07. The van der Waals surface area contributed by atoms with Gasteiger partial charge in [0, 0.05) is 11.5 Å². The van der Waals surface area contributed by atoms with Crippen molar-refractivity contribution in [3.63, 3.8) is 0 Å². The van der Waals surface area contributed by atoms with Crippen LogP contribution >= 0.6 is 0 Å². The Kier molecular flexibility index (Phi) is 3.25. The average molecular weight is 250 g/mol. The highest BCUT2D eigenvalue weighted by molar-refractivity contribution is 5.80. The van der Waals surface area contributed by atoms with E-state index in [1.165, 1.54) is 10.8 Å². The van der Waals surface area contributed by atoms with Crippen LogP contribution in [0.3, 0.4) is 0 Å². The standard InChI is InChI=1S/C17H16NO/c19-17(15-7-2-1-3-8-15)13-18-11-10-14-6-4-5-9-16(14)12-18/h1-12,17,19H,13H2/q+1. The van der Waals surface area contributed by atoms with E-state index in [-0.39, 0.29) is 0 Å². The number of aromatic nitrogens is 1. The highest BCUT2D eigenvalue weighted by atomic mass is 16.3. The highest BCUT2D eigenvalue weighted by Gasteiger charge is 2.13. The molecule has 0 amide bonds. The van der Waals surface area contributed by atoms with Crippen molar-refractivity contribution in [2.75, 3.05) is 0 Å². The molecule has 0 spiro atoms. The van der Waals surface area contributed by atoms with E-state index in [9.17, 15) is 5.11 Å². The number of hydrogen-bond donors (Lipinski definition) is 1. The van der Waals surface area contributed by atoms with Gasteiger partial charge in [0.1, 0.15) is 6.10 Å². The molecular formula is C17H16NO+. The van der Waals surface area contributed by atoms with Crippen LogP contribution in [0.15, 0.2) is 73.1 Å². The van der Waals surface area contributed by atoms with Crippen LogP contribution in [0.2, 0.25) is 0 Å². The summed E-state index contributed by atoms with van der Waals surface area (Å²) in [5.41, 5.74) is 0.947. The summed E-state index contributed by atoms with van der Waals surface area (Å²) in [4.78, 5) is 0. The summed E-state index contributed by atoms with van der Waals surface area (Å²) >= 11 is 0. The van der Waals surface area contributed by atoms with Gasteiger partial charge in [0.25, 0.3) is 0 Å². The maximum absolute atomic E-state index is 10.2. The first-order valence-electron chi connectivity index (χ1n) is 6.44. The van der Waals surface area contributed by atoms with Gasteiger partial charge in [-0.1, -0.05) is 48.5 Å². The second kappa shape index (κ2) is 5.21. The van der Waals surface area contributed by atoms with E-state index in [2.05, 4.69) is 24.4 Å². The lowest BCUT2D eigenvalue weighted by molar-refractivity contribution is -0.703. The van der Waals surface area contributed by atoms with Crippen molar-refractivity contribution in [1.29, 1.82) is 0 Å². The molecule has 1 atom stereocenters. The Morgan fingerprint density at radius 3 is 2.32 bits per heavy atom. The van der Waals surface area contributed by atoms with Crippen LogP contribution in [-0.4, -0.2) is 5.11 Å². The molecule has 0 saturated heterocycles. The molecule has 3 rings (SSSR count). The molecule has 1 unspecified atom stereocenters. The van der Waals surface area contributed by atoms with Crippen LogP contribution in [0.25, 0.3) is 10.8 Å². The Labute approximate surface area is 112 Å². The molecule has 2 aromatic carbocycles. The van der Waals surface area contributed by atoms with Gasteiger partial charge in [0.15, 0.2) is 18.9 Å². The second-order valence-electron chi connectivity index (χ2n) is 4.70. The predicted molar refractivity (Wildman–Crippen MR) is 75.5 cm³/mol. The van der Waals surface area contributed by atoms with Crippen molar-refractivity contribution < 1.29 is 9.67 Å². The average Bonchev–Trinajstić information content (AvgIpc) is 2.48. The summed E-state index contributed by atoms with van der Waals surface area (Å²) in [5, 5.41) is 12.6. The molecule has 0 bridgehead atoms. The van der Waals surface area contributed by atoms with Gasteiger partial charge in [-0.2, -0.15) is 0 Å². The van der Waals surface area contributed by atoms with E-state index < -0.39 is 6.10 Å². The van der Waals surface area contributed by atoms with E-state index in [1.54, 1.807) is 0 Å². The fraction of sp³-hybridized carbons (Fsp3) is 0.118. The fourth-order valence-corrected chi connectivity index (χ4v) is 2.27. The first-order valence-corrected chi connectivity index (χ1v) is 6.44. The van der Waals surface area contributed by atoms with Gasteiger partial charge in [-0.05, 0) is 17.0 Å². The van der Waals surface area contributed by atoms with Crippen LogP contribution in [0.5, 0.6) is 0 Å². The number of hydrogen-bond acceptors (Lipinski definition) is 1. The molecule has 0 aliphatic carbocycles. The van der Waals surface area contributed by atoms with Crippen molar-refractivity contribution in [3.05, 3.63) is 78.6 Å². The van der Waals surface area contributed by atoms with Crippen LogP contribution in [0.1, 0.15) is 11.7 Å². The Morgan fingerprint density at radius 2 is 1.53 bits per heavy atom. The van der Waals surface area contributed by atoms with E-state index in [1.807, 2.05) is 53.2 Å². The van der Waals surface area contributed by atoms with Crippen LogP contribution in [0, 0.1) is 0 Å². The number of nitrogens with zero attached hydrogens (tertiary/aromatic N) is 1. The van der Waals surface area contributed by atoms with E-state index in [0.29, 0.717) is 6.54 Å². The summed E-state index contributed by atoms with van der Waals surface area (Å²) in [6, 6.07) is 20.1. The van der Waals surface area contributed by atoms with Crippen molar-refractivity contribution in [1.82, 2.24) is 0 Å². The predicted octanol–water partition coefficient (Wildman–Crippen LogP) is 2.86. The van der Waals surface area contributed by atoms with Gasteiger partial charge in [0.05, 0.1) is 0 Å². The van der Waals surface area contributed by atoms with E-state index >= 15 is 0 Å². The zero-order chi connectivity index (χ0) is 13.1. The number of benzene rings is 2. The maximum Gasteiger partial charge on any atom is 0.178 e. The Balaban J connectivity index is 1.85. The number of fused-ring (bicyclic) bond motifs is 1. The first-order chi connectivity index (χ1) is 9.33. The molecule has 0 radical (unpaired) electrons. The van der Waals surface area contributed by atoms with Gasteiger partial charge in [-0.15, -0.1) is 0 Å². The van der Waals surface area contributed by atoms with Gasteiger partial charge >= 0.3 is 0 Å². The first kappa shape index (κ1) is 11.9. The largest absolute Gasteiger partial charge is 0.382 e. The SMILES string of the molecule is OC(C[n+]1ccc2ccccc2c1)c1ccccc1. The van der Waals surface area contributed by atoms with E-state index in [4.69, 9.17) is 0 Å². The number of aliphatic hydroxyl groups is 1. The Hall–Kier alpha value is -2.19. The van der Waals surface area contributed by atoms with E-state index in [0.717, 1.165) is 5.56 Å². The van der Waals surface area contributed by atoms with Crippen molar-refractivity contribution in [3.8, 4) is 0 Å². The lowest BCUT2D eigenvalue weighted by atomic mass is 10.1. The molecule has 0 aliphatic rings. The molecule has 3 aromatic rings. The lowest BCUT2D eigenvalue weighted by Crippen LogP contribution is -2.35. The molecule has 2 heteroatoms. The van der Waals surface area contributed by atoms with Crippen molar-refractivity contribution >= 4 is 10.8 Å². The minimum absolute atomic E-state index is 0.479. The summed E-state index contributed by atoms with van der Waals surface area (Å²) in [5.74, 6) is 0. The highest BCUT2D eigenvalue weighted by Crippen LogP contribution is 2.13. The fourth-order valence-electron chi connectivity index (χ4n) is 2.27. The molecule has 0 fully saturated rings. The summed E-state index contributed by atoms with van der Waals surface area (Å²) in [7, 11) is 0. The number of pyridine rings is 1. The molecule has 0 saturated carbocycles. The Bertz CT molecular complexity index is 679. The minimum atomic E-state index is -0.479. The summed E-state index contributed by atoms with van der Waals surface area (Å²) < 4.78 is 2.03. The molecule has 1 N–H and O–H groups in total. The van der Waals surface area contributed by atoms with Gasteiger partial charge in [0.2, 0.25) is 0 Å². The van der Waals surface area contributed by atoms with Crippen molar-refractivity contribution in [2.24, 2.45) is 0 Å². The third-order valence-corrected chi connectivity index (χ3v) is 3.31. The molecular weight excluding hydrogens is 234 g/mol. The maximum atomic E-state index is 10.2. The van der Waals surface area contributed by atoms with Crippen LogP contribution < -0.4 is 4.57 Å². The number of aliphatic hydroxyl groups excluding tert-OH is 1. The van der Waals surface area contributed by atoms with Gasteiger partial charge < -0.3 is 5.11 Å². The molecule has 94 valence electrons. The number of rotatable bonds is 3. The molecule has 2 nitrogen and oxygen atoms in total. The quantitative estimate of drug-likeness (QED) is 0.710. The van der Waals surface area contributed by atoms with Gasteiger partial charge in [-0.3, -0.25) is 0 Å². The normalized spacial score (nSPS) is 12.5. The second-order valence-corrected chi connectivity index (χ2v) is 4.70.